The molecule has 28 heavy (non-hydrogen) atoms. The normalized spacial score (nSPS) is 11.9. The van der Waals surface area contributed by atoms with Crippen LogP contribution in [-0.2, 0) is 16.0 Å². The topological polar surface area (TPSA) is 116 Å². The Morgan fingerprint density at radius 3 is 2.07 bits per heavy atom. The number of sulfone groups is 1. The molecule has 0 heterocycles. The highest BCUT2D eigenvalue weighted by Crippen LogP contribution is 2.38. The van der Waals surface area contributed by atoms with Gasteiger partial charge in [-0.05, 0) is 50.1 Å². The summed E-state index contributed by atoms with van der Waals surface area (Å²) in [6.45, 7) is 4.53. The molecule has 6 nitrogen and oxygen atoms in total. The van der Waals surface area contributed by atoms with Crippen LogP contribution >= 0.6 is 0 Å². The third-order valence-electron chi connectivity index (χ3n) is 4.00. The van der Waals surface area contributed by atoms with Gasteiger partial charge in [-0.2, -0.15) is 18.2 Å². The van der Waals surface area contributed by atoms with Gasteiger partial charge in [-0.25, -0.2) is 8.42 Å². The van der Waals surface area contributed by atoms with Crippen LogP contribution in [0.3, 0.4) is 0 Å². The number of nitrogens with zero attached hydrogens (tertiary/aromatic N) is 1. The Kier molecular flexibility index (Phi) is 5.56. The molecular weight excluding hydrogens is 395 g/mol. The SMILES string of the molecule is Cc1ccc(S(=O)(=O)c2cc(C)c(C(=O)N=C(N)N)cc2C(F)(F)F)c(C)c1. The number of amides is 1. The van der Waals surface area contributed by atoms with Crippen LogP contribution in [0.1, 0.15) is 32.6 Å². The summed E-state index contributed by atoms with van der Waals surface area (Å²) >= 11 is 0. The summed E-state index contributed by atoms with van der Waals surface area (Å²) in [5, 5.41) is 0. The van der Waals surface area contributed by atoms with Crippen molar-refractivity contribution in [1.82, 2.24) is 0 Å². The second kappa shape index (κ2) is 7.27. The van der Waals surface area contributed by atoms with Gasteiger partial charge in [0, 0.05) is 5.56 Å². The molecule has 0 atom stereocenters. The quantitative estimate of drug-likeness (QED) is 0.593. The Bertz CT molecular complexity index is 1090. The number of hydrogen-bond donors (Lipinski definition) is 2. The molecule has 10 heteroatoms. The van der Waals surface area contributed by atoms with E-state index in [0.717, 1.165) is 11.6 Å². The highest BCUT2D eigenvalue weighted by molar-refractivity contribution is 7.91. The molecule has 0 radical (unpaired) electrons. The van der Waals surface area contributed by atoms with E-state index in [4.69, 9.17) is 11.5 Å². The van der Waals surface area contributed by atoms with Gasteiger partial charge in [0.15, 0.2) is 5.96 Å². The van der Waals surface area contributed by atoms with E-state index in [9.17, 15) is 26.4 Å². The highest BCUT2D eigenvalue weighted by Gasteiger charge is 2.39. The van der Waals surface area contributed by atoms with Gasteiger partial charge in [0.05, 0.1) is 15.4 Å². The molecule has 2 rings (SSSR count). The second-order valence-electron chi connectivity index (χ2n) is 6.28. The van der Waals surface area contributed by atoms with Crippen molar-refractivity contribution in [2.75, 3.05) is 0 Å². The van der Waals surface area contributed by atoms with Gasteiger partial charge in [-0.3, -0.25) is 4.79 Å². The smallest absolute Gasteiger partial charge is 0.370 e. The molecule has 0 unspecified atom stereocenters. The van der Waals surface area contributed by atoms with Crippen molar-refractivity contribution in [1.29, 1.82) is 0 Å². The molecule has 0 aliphatic heterocycles. The fourth-order valence-corrected chi connectivity index (χ4v) is 4.52. The molecule has 0 fully saturated rings. The average Bonchev–Trinajstić information content (AvgIpc) is 2.52. The van der Waals surface area contributed by atoms with Crippen LogP contribution in [0.4, 0.5) is 13.2 Å². The zero-order chi connectivity index (χ0) is 21.4. The van der Waals surface area contributed by atoms with Crippen LogP contribution in [0, 0.1) is 20.8 Å². The van der Waals surface area contributed by atoms with Crippen molar-refractivity contribution in [2.45, 2.75) is 36.7 Å². The summed E-state index contributed by atoms with van der Waals surface area (Å²) < 4.78 is 66.9. The fraction of sp³-hybridized carbons (Fsp3) is 0.222. The lowest BCUT2D eigenvalue weighted by molar-refractivity contribution is -0.139. The lowest BCUT2D eigenvalue weighted by atomic mass is 10.0. The Balaban J connectivity index is 2.82. The lowest BCUT2D eigenvalue weighted by Gasteiger charge is -2.17. The van der Waals surface area contributed by atoms with Crippen molar-refractivity contribution in [2.24, 2.45) is 16.5 Å². The molecule has 0 bridgehead atoms. The maximum atomic E-state index is 13.6. The van der Waals surface area contributed by atoms with Gasteiger partial charge in [-0.1, -0.05) is 17.7 Å². The van der Waals surface area contributed by atoms with E-state index in [1.165, 1.54) is 26.0 Å². The first-order valence-corrected chi connectivity index (χ1v) is 9.41. The minimum absolute atomic E-state index is 0.00802. The van der Waals surface area contributed by atoms with Crippen molar-refractivity contribution >= 4 is 21.7 Å². The van der Waals surface area contributed by atoms with Crippen LogP contribution in [-0.4, -0.2) is 20.3 Å². The molecule has 2 aromatic rings. The highest BCUT2D eigenvalue weighted by atomic mass is 32.2. The van der Waals surface area contributed by atoms with Crippen LogP contribution in [0.25, 0.3) is 0 Å². The van der Waals surface area contributed by atoms with Gasteiger partial charge < -0.3 is 11.5 Å². The van der Waals surface area contributed by atoms with Gasteiger partial charge in [0.2, 0.25) is 9.84 Å². The maximum absolute atomic E-state index is 13.6. The number of aliphatic imine (C=N–C) groups is 1. The molecule has 0 saturated carbocycles. The largest absolute Gasteiger partial charge is 0.417 e. The maximum Gasteiger partial charge on any atom is 0.417 e. The van der Waals surface area contributed by atoms with E-state index < -0.39 is 43.9 Å². The first-order chi connectivity index (χ1) is 12.7. The second-order valence-corrected chi connectivity index (χ2v) is 8.16. The van der Waals surface area contributed by atoms with Crippen LogP contribution in [0.2, 0.25) is 0 Å². The number of guanidine groups is 1. The van der Waals surface area contributed by atoms with Crippen molar-refractivity contribution < 1.29 is 26.4 Å². The number of benzene rings is 2. The number of carbonyl (C=O) groups is 1. The lowest BCUT2D eigenvalue weighted by Crippen LogP contribution is -2.24. The van der Waals surface area contributed by atoms with Crippen molar-refractivity contribution in [3.05, 3.63) is 58.1 Å². The van der Waals surface area contributed by atoms with E-state index in [-0.39, 0.29) is 10.5 Å². The molecule has 2 aromatic carbocycles. The Morgan fingerprint density at radius 1 is 0.964 bits per heavy atom. The monoisotopic (exact) mass is 413 g/mol. The van der Waals surface area contributed by atoms with Crippen molar-refractivity contribution in [3.8, 4) is 0 Å². The average molecular weight is 413 g/mol. The van der Waals surface area contributed by atoms with E-state index in [1.807, 2.05) is 0 Å². The number of hydrogen-bond acceptors (Lipinski definition) is 3. The summed E-state index contributed by atoms with van der Waals surface area (Å²) in [5.41, 5.74) is 9.35. The van der Waals surface area contributed by atoms with Gasteiger partial charge in [-0.15, -0.1) is 0 Å². The van der Waals surface area contributed by atoms with Gasteiger partial charge >= 0.3 is 6.18 Å². The van der Waals surface area contributed by atoms with Crippen molar-refractivity contribution in [3.63, 3.8) is 0 Å². The third-order valence-corrected chi connectivity index (χ3v) is 5.96. The van der Waals surface area contributed by atoms with Gasteiger partial charge in [0.1, 0.15) is 0 Å². The van der Waals surface area contributed by atoms with Gasteiger partial charge in [0.25, 0.3) is 5.91 Å². The third kappa shape index (κ3) is 4.16. The summed E-state index contributed by atoms with van der Waals surface area (Å²) in [7, 11) is -4.50. The minimum atomic E-state index is -5.03. The molecule has 0 aromatic heterocycles. The standard InChI is InChI=1S/C18H18F3N3O3S/c1-9-4-5-14(11(3)6-9)28(26,27)15-7-10(2)12(16(25)24-17(22)23)8-13(15)18(19,20)21/h4-8H,1-3H3,(H4,22,23,24,25). The molecule has 4 N–H and O–H groups in total. The minimum Gasteiger partial charge on any atom is -0.370 e. The molecule has 0 saturated heterocycles. The molecular formula is C18H18F3N3O3S. The van der Waals surface area contributed by atoms with E-state index in [1.54, 1.807) is 13.0 Å². The Morgan fingerprint density at radius 2 is 1.57 bits per heavy atom. The van der Waals surface area contributed by atoms with E-state index >= 15 is 0 Å². The van der Waals surface area contributed by atoms with E-state index in [0.29, 0.717) is 11.6 Å². The first kappa shape index (κ1) is 21.4. The van der Waals surface area contributed by atoms with Crippen LogP contribution in [0.15, 0.2) is 45.1 Å². The van der Waals surface area contributed by atoms with E-state index in [2.05, 4.69) is 4.99 Å². The molecule has 0 aliphatic rings. The number of alkyl halides is 3. The first-order valence-electron chi connectivity index (χ1n) is 7.93. The Labute approximate surface area is 160 Å². The number of nitrogens with two attached hydrogens (primary N) is 2. The zero-order valence-electron chi connectivity index (χ0n) is 15.3. The summed E-state index contributed by atoms with van der Waals surface area (Å²) in [6, 6.07) is 5.58. The van der Waals surface area contributed by atoms with Crippen LogP contribution < -0.4 is 11.5 Å². The molecule has 0 spiro atoms. The number of aryl methyl sites for hydroxylation is 3. The summed E-state index contributed by atoms with van der Waals surface area (Å²) in [6.07, 6.45) is -5.03. The number of halogens is 3. The number of carbonyl (C=O) groups excluding carboxylic acids is 1. The molecule has 150 valence electrons. The molecule has 1 amide bonds. The molecule has 0 aliphatic carbocycles. The summed E-state index contributed by atoms with van der Waals surface area (Å²) in [5.74, 6) is -1.72. The predicted molar refractivity (Wildman–Crippen MR) is 97.7 cm³/mol. The zero-order valence-corrected chi connectivity index (χ0v) is 16.1. The number of rotatable bonds is 3. The fourth-order valence-electron chi connectivity index (χ4n) is 2.75. The van der Waals surface area contributed by atoms with Crippen LogP contribution in [0.5, 0.6) is 0 Å². The predicted octanol–water partition coefficient (Wildman–Crippen LogP) is 2.88. The summed E-state index contributed by atoms with van der Waals surface area (Å²) in [4.78, 5) is 14.1. The Hall–Kier alpha value is -2.88.